The summed E-state index contributed by atoms with van der Waals surface area (Å²) in [6, 6.07) is 6.84. The van der Waals surface area contributed by atoms with E-state index in [9.17, 15) is 4.79 Å². The summed E-state index contributed by atoms with van der Waals surface area (Å²) in [5, 5.41) is 11.7. The third kappa shape index (κ3) is 4.36. The van der Waals surface area contributed by atoms with Gasteiger partial charge in [0.1, 0.15) is 11.5 Å². The van der Waals surface area contributed by atoms with Crippen LogP contribution in [0.3, 0.4) is 0 Å². The van der Waals surface area contributed by atoms with Gasteiger partial charge in [-0.25, -0.2) is 0 Å². The van der Waals surface area contributed by atoms with E-state index in [0.29, 0.717) is 68.3 Å². The van der Waals surface area contributed by atoms with Crippen LogP contribution in [0.2, 0.25) is 15.1 Å². The maximum Gasteiger partial charge on any atom is 0.247 e. The molecule has 0 bridgehead atoms. The SMILES string of the molecule is C#C[C@@]1(c2c(Cl)c(OC)cc(OC)c2Cl)CCc2c(-c3cc(Cl)ccc3NC(=O)C=C)n[nH]c2C1. The van der Waals surface area contributed by atoms with E-state index in [0.717, 1.165) is 11.3 Å². The zero-order valence-corrected chi connectivity index (χ0v) is 21.4. The number of hydrogen-bond donors (Lipinski definition) is 2. The van der Waals surface area contributed by atoms with Gasteiger partial charge >= 0.3 is 0 Å². The number of halogens is 3. The minimum Gasteiger partial charge on any atom is -0.495 e. The van der Waals surface area contributed by atoms with Crippen molar-refractivity contribution in [3.05, 3.63) is 68.8 Å². The lowest BCUT2D eigenvalue weighted by Gasteiger charge is -2.35. The van der Waals surface area contributed by atoms with E-state index in [1.807, 2.05) is 0 Å². The lowest BCUT2D eigenvalue weighted by atomic mass is 9.69. The fourth-order valence-corrected chi connectivity index (χ4v) is 5.52. The van der Waals surface area contributed by atoms with E-state index >= 15 is 0 Å². The summed E-state index contributed by atoms with van der Waals surface area (Å²) in [5.41, 5.74) is 3.55. The van der Waals surface area contributed by atoms with Crippen LogP contribution in [0.5, 0.6) is 11.5 Å². The second-order valence-corrected chi connectivity index (χ2v) is 9.29. The summed E-state index contributed by atoms with van der Waals surface area (Å²) in [6.07, 6.45) is 8.87. The minimum absolute atomic E-state index is 0.333. The molecule has 2 N–H and O–H groups in total. The molecule has 35 heavy (non-hydrogen) atoms. The van der Waals surface area contributed by atoms with Crippen LogP contribution in [-0.2, 0) is 23.1 Å². The van der Waals surface area contributed by atoms with E-state index in [2.05, 4.69) is 28.0 Å². The zero-order valence-electron chi connectivity index (χ0n) is 19.1. The maximum absolute atomic E-state index is 12.0. The van der Waals surface area contributed by atoms with Crippen molar-refractivity contribution < 1.29 is 14.3 Å². The number of aromatic amines is 1. The first-order valence-corrected chi connectivity index (χ1v) is 11.8. The summed E-state index contributed by atoms with van der Waals surface area (Å²) >= 11 is 19.7. The summed E-state index contributed by atoms with van der Waals surface area (Å²) in [4.78, 5) is 12.0. The fourth-order valence-electron chi connectivity index (χ4n) is 4.49. The van der Waals surface area contributed by atoms with E-state index in [1.165, 1.54) is 20.3 Å². The lowest BCUT2D eigenvalue weighted by Crippen LogP contribution is -2.33. The molecule has 0 fully saturated rings. The minimum atomic E-state index is -0.818. The Balaban J connectivity index is 1.82. The molecule has 4 rings (SSSR count). The average Bonchev–Trinajstić information content (AvgIpc) is 3.28. The number of fused-ring (bicyclic) bond motifs is 1. The molecule has 0 spiro atoms. The number of benzene rings is 2. The Kier molecular flexibility index (Phi) is 7.05. The van der Waals surface area contributed by atoms with Gasteiger partial charge in [0.05, 0.1) is 41.1 Å². The molecule has 3 aromatic rings. The molecule has 0 saturated heterocycles. The van der Waals surface area contributed by atoms with Gasteiger partial charge in [-0.05, 0) is 37.1 Å². The first kappa shape index (κ1) is 25.0. The Morgan fingerprint density at radius 3 is 2.51 bits per heavy atom. The second kappa shape index (κ2) is 9.87. The van der Waals surface area contributed by atoms with Crippen molar-refractivity contribution >= 4 is 46.4 Å². The van der Waals surface area contributed by atoms with Gasteiger partial charge in [0.15, 0.2) is 0 Å². The molecule has 0 aliphatic heterocycles. The van der Waals surface area contributed by atoms with Crippen molar-refractivity contribution in [3.63, 3.8) is 0 Å². The van der Waals surface area contributed by atoms with Gasteiger partial charge in [0, 0.05) is 39.9 Å². The summed E-state index contributed by atoms with van der Waals surface area (Å²) in [5.74, 6) is 3.46. The van der Waals surface area contributed by atoms with E-state index in [-0.39, 0.29) is 5.91 Å². The lowest BCUT2D eigenvalue weighted by molar-refractivity contribution is -0.111. The van der Waals surface area contributed by atoms with Crippen LogP contribution in [0.15, 0.2) is 36.9 Å². The summed E-state index contributed by atoms with van der Waals surface area (Å²) in [7, 11) is 3.05. The highest BCUT2D eigenvalue weighted by Gasteiger charge is 2.41. The number of nitrogens with zero attached hydrogens (tertiary/aromatic N) is 1. The predicted octanol–water partition coefficient (Wildman–Crippen LogP) is 6.24. The molecule has 1 atom stereocenters. The van der Waals surface area contributed by atoms with Gasteiger partial charge in [-0.2, -0.15) is 5.10 Å². The first-order chi connectivity index (χ1) is 16.8. The smallest absolute Gasteiger partial charge is 0.247 e. The number of methoxy groups -OCH3 is 2. The summed E-state index contributed by atoms with van der Waals surface area (Å²) in [6.45, 7) is 3.51. The number of nitrogens with one attached hydrogen (secondary N) is 2. The largest absolute Gasteiger partial charge is 0.495 e. The van der Waals surface area contributed by atoms with Crippen LogP contribution >= 0.6 is 34.8 Å². The van der Waals surface area contributed by atoms with E-state index in [1.54, 1.807) is 24.3 Å². The number of ether oxygens (including phenoxy) is 2. The molecule has 0 saturated carbocycles. The molecular weight excluding hydrogens is 509 g/mol. The normalized spacial score (nSPS) is 16.7. The number of amides is 1. The molecule has 0 unspecified atom stereocenters. The Morgan fingerprint density at radius 1 is 1.23 bits per heavy atom. The van der Waals surface area contributed by atoms with E-state index in [4.69, 9.17) is 50.7 Å². The molecule has 180 valence electrons. The Morgan fingerprint density at radius 2 is 1.91 bits per heavy atom. The Labute approximate surface area is 218 Å². The van der Waals surface area contributed by atoms with Crippen molar-refractivity contribution in [3.8, 4) is 35.1 Å². The standard InChI is InChI=1S/C26H22Cl3N3O3/c1-5-21(33)30-17-8-7-14(27)11-16(17)25-15-9-10-26(6-2,13-18(15)31-32-25)22-23(28)19(34-3)12-20(35-4)24(22)29/h2,5,7-8,11-12H,1,9-10,13H2,3-4H3,(H,30,33)(H,31,32)/t26-/m1/s1. The highest BCUT2D eigenvalue weighted by atomic mass is 35.5. The third-order valence-electron chi connectivity index (χ3n) is 6.24. The maximum atomic E-state index is 12.0. The topological polar surface area (TPSA) is 76.2 Å². The van der Waals surface area contributed by atoms with Gasteiger partial charge in [-0.1, -0.05) is 47.3 Å². The van der Waals surface area contributed by atoms with Crippen LogP contribution in [0.4, 0.5) is 5.69 Å². The summed E-state index contributed by atoms with van der Waals surface area (Å²) < 4.78 is 10.9. The van der Waals surface area contributed by atoms with Gasteiger partial charge in [-0.15, -0.1) is 6.42 Å². The van der Waals surface area contributed by atoms with Crippen LogP contribution < -0.4 is 14.8 Å². The molecule has 0 radical (unpaired) electrons. The molecule has 1 heterocycles. The first-order valence-electron chi connectivity index (χ1n) is 10.7. The van der Waals surface area contributed by atoms with Crippen LogP contribution in [0.1, 0.15) is 23.2 Å². The Hall–Kier alpha value is -3.11. The monoisotopic (exact) mass is 529 g/mol. The second-order valence-electron chi connectivity index (χ2n) is 8.10. The van der Waals surface area contributed by atoms with E-state index < -0.39 is 5.41 Å². The van der Waals surface area contributed by atoms with Gasteiger partial charge in [-0.3, -0.25) is 9.89 Å². The van der Waals surface area contributed by atoms with Crippen molar-refractivity contribution in [2.45, 2.75) is 24.7 Å². The molecule has 1 aliphatic carbocycles. The number of terminal acetylenes is 1. The van der Waals surface area contributed by atoms with Crippen LogP contribution in [0.25, 0.3) is 11.3 Å². The van der Waals surface area contributed by atoms with Crippen molar-refractivity contribution in [1.29, 1.82) is 0 Å². The fraction of sp³-hybridized carbons (Fsp3) is 0.231. The van der Waals surface area contributed by atoms with Gasteiger partial charge < -0.3 is 14.8 Å². The number of H-pyrrole nitrogens is 1. The molecule has 6 nitrogen and oxygen atoms in total. The number of aromatic nitrogens is 2. The number of anilines is 1. The van der Waals surface area contributed by atoms with Crippen LogP contribution in [-0.4, -0.2) is 30.3 Å². The predicted molar refractivity (Wildman–Crippen MR) is 140 cm³/mol. The quantitative estimate of drug-likeness (QED) is 0.292. The zero-order chi connectivity index (χ0) is 25.3. The molecule has 1 amide bonds. The Bertz CT molecular complexity index is 1350. The van der Waals surface area contributed by atoms with Gasteiger partial charge in [0.25, 0.3) is 0 Å². The molecule has 1 aliphatic rings. The number of rotatable bonds is 6. The van der Waals surface area contributed by atoms with Crippen molar-refractivity contribution in [2.75, 3.05) is 19.5 Å². The van der Waals surface area contributed by atoms with Crippen molar-refractivity contribution in [1.82, 2.24) is 10.2 Å². The molecular formula is C26H22Cl3N3O3. The highest BCUT2D eigenvalue weighted by molar-refractivity contribution is 6.38. The highest BCUT2D eigenvalue weighted by Crippen LogP contribution is 2.51. The number of carbonyl (C=O) groups excluding carboxylic acids is 1. The number of hydrogen-bond acceptors (Lipinski definition) is 4. The van der Waals surface area contributed by atoms with Gasteiger partial charge in [0.2, 0.25) is 5.91 Å². The molecule has 9 heteroatoms. The third-order valence-corrected chi connectivity index (χ3v) is 7.23. The molecule has 1 aromatic heterocycles. The van der Waals surface area contributed by atoms with Crippen LogP contribution in [0, 0.1) is 12.3 Å². The number of carbonyl (C=O) groups is 1. The molecule has 2 aromatic carbocycles. The average molecular weight is 531 g/mol. The van der Waals surface area contributed by atoms with Crippen molar-refractivity contribution in [2.24, 2.45) is 0 Å².